The molecule has 0 aromatic rings. The summed E-state index contributed by atoms with van der Waals surface area (Å²) in [6, 6.07) is 0. The lowest BCUT2D eigenvalue weighted by Gasteiger charge is -2.46. The molecule has 15 unspecified atom stereocenters. The van der Waals surface area contributed by atoms with Gasteiger partial charge in [-0.3, -0.25) is 0 Å². The Hall–Kier alpha value is 0. The maximum Gasteiger partial charge on any atom is -0.0334 e. The monoisotopic (exact) mass is 535 g/mol. The van der Waals surface area contributed by atoms with Gasteiger partial charge in [0, 0.05) is 0 Å². The third-order valence-corrected chi connectivity index (χ3v) is 14.0. The molecule has 0 saturated carbocycles. The molecule has 0 rings (SSSR count). The van der Waals surface area contributed by atoms with Crippen molar-refractivity contribution in [3.05, 3.63) is 0 Å². The molecule has 15 atom stereocenters. The van der Waals surface area contributed by atoms with E-state index in [-0.39, 0.29) is 0 Å². The molecule has 0 bridgehead atoms. The summed E-state index contributed by atoms with van der Waals surface area (Å²) in [5.74, 6) is 13.7. The zero-order chi connectivity index (χ0) is 30.4. The van der Waals surface area contributed by atoms with Crippen LogP contribution in [0.4, 0.5) is 0 Å². The molecular weight excluding hydrogens is 456 g/mol. The second-order valence-electron chi connectivity index (χ2n) is 16.3. The zero-order valence-electron chi connectivity index (χ0n) is 30.4. The van der Waals surface area contributed by atoms with Gasteiger partial charge >= 0.3 is 0 Å². The first-order chi connectivity index (χ1) is 17.2. The Morgan fingerprint density at radius 3 is 0.474 bits per heavy atom. The van der Waals surface area contributed by atoms with Crippen LogP contribution in [0.15, 0.2) is 0 Å². The molecule has 0 radical (unpaired) electrons. The van der Waals surface area contributed by atoms with Crippen molar-refractivity contribution >= 4 is 0 Å². The summed E-state index contributed by atoms with van der Waals surface area (Å²) in [4.78, 5) is 0. The van der Waals surface area contributed by atoms with E-state index in [4.69, 9.17) is 0 Å². The molecule has 230 valence electrons. The van der Waals surface area contributed by atoms with Crippen LogP contribution in [0.5, 0.6) is 0 Å². The van der Waals surface area contributed by atoms with E-state index in [1.807, 2.05) is 0 Å². The quantitative estimate of drug-likeness (QED) is 0.174. The third-order valence-electron chi connectivity index (χ3n) is 14.0. The van der Waals surface area contributed by atoms with Crippen molar-refractivity contribution in [3.63, 3.8) is 0 Å². The van der Waals surface area contributed by atoms with Crippen LogP contribution < -0.4 is 0 Å². The predicted octanol–water partition coefficient (Wildman–Crippen LogP) is 12.5. The van der Waals surface area contributed by atoms with Crippen LogP contribution in [0.1, 0.15) is 138 Å². The maximum atomic E-state index is 2.61. The van der Waals surface area contributed by atoms with Gasteiger partial charge in [-0.15, -0.1) is 0 Å². The van der Waals surface area contributed by atoms with Crippen LogP contribution in [0.25, 0.3) is 0 Å². The lowest BCUT2D eigenvalue weighted by atomic mass is 9.60. The predicted molar refractivity (Wildman–Crippen MR) is 176 cm³/mol. The van der Waals surface area contributed by atoms with E-state index < -0.39 is 0 Å². The molecule has 0 fully saturated rings. The highest BCUT2D eigenvalue weighted by molar-refractivity contribution is 4.88. The first-order valence-corrected chi connectivity index (χ1v) is 17.2. The van der Waals surface area contributed by atoms with Gasteiger partial charge in [0.2, 0.25) is 0 Å². The molecule has 0 aliphatic carbocycles. The first-order valence-electron chi connectivity index (χ1n) is 17.2. The van der Waals surface area contributed by atoms with Gasteiger partial charge in [0.05, 0.1) is 0 Å². The maximum absolute atomic E-state index is 2.61. The summed E-state index contributed by atoms with van der Waals surface area (Å²) in [5.41, 5.74) is 0. The lowest BCUT2D eigenvalue weighted by molar-refractivity contribution is 0.0285. The number of hydrogen-bond acceptors (Lipinski definition) is 0. The Morgan fingerprint density at radius 2 is 0.316 bits per heavy atom. The summed E-state index contributed by atoms with van der Waals surface area (Å²) in [6.45, 7) is 50.3. The topological polar surface area (TPSA) is 0 Å². The van der Waals surface area contributed by atoms with Gasteiger partial charge in [0.25, 0.3) is 0 Å². The Bertz CT molecular complexity index is 616. The summed E-state index contributed by atoms with van der Waals surface area (Å²) < 4.78 is 0. The fourth-order valence-corrected chi connectivity index (χ4v) is 8.40. The average Bonchev–Trinajstić information content (AvgIpc) is 2.86. The summed E-state index contributed by atoms with van der Waals surface area (Å²) >= 11 is 0. The minimum atomic E-state index is 0.727. The van der Waals surface area contributed by atoms with Crippen molar-refractivity contribution in [2.24, 2.45) is 107 Å². The van der Waals surface area contributed by atoms with Gasteiger partial charge in [-0.2, -0.15) is 0 Å². The number of hydrogen-bond donors (Lipinski definition) is 0. The molecule has 0 heterocycles. The van der Waals surface area contributed by atoms with Gasteiger partial charge in [0.15, 0.2) is 0 Å². The van der Waals surface area contributed by atoms with Crippen LogP contribution in [0.3, 0.4) is 0 Å². The Morgan fingerprint density at radius 1 is 0.158 bits per heavy atom. The highest BCUT2D eigenvalue weighted by Crippen LogP contribution is 2.46. The average molecular weight is 535 g/mol. The van der Waals surface area contributed by atoms with E-state index in [2.05, 4.69) is 138 Å². The minimum absolute atomic E-state index is 0.727. The second kappa shape index (κ2) is 16.4. The molecule has 0 N–H and O–H groups in total. The smallest absolute Gasteiger partial charge is 0.0334 e. The van der Waals surface area contributed by atoms with Crippen LogP contribution in [-0.4, -0.2) is 0 Å². The SMILES string of the molecule is CC(C)C(C)C(C)C(C)C(C)C(C)C(C)C(C)C(C)C(C(C)C)C(C)C(C)C(C)C(C)C(C)C(C)C(C)C. The summed E-state index contributed by atoms with van der Waals surface area (Å²) in [7, 11) is 0. The Kier molecular flexibility index (Phi) is 16.4. The van der Waals surface area contributed by atoms with Gasteiger partial charge in [-0.05, 0) is 107 Å². The van der Waals surface area contributed by atoms with Gasteiger partial charge in [-0.25, -0.2) is 0 Å². The van der Waals surface area contributed by atoms with Crippen LogP contribution >= 0.6 is 0 Å². The van der Waals surface area contributed by atoms with Crippen molar-refractivity contribution in [2.75, 3.05) is 0 Å². The van der Waals surface area contributed by atoms with Crippen molar-refractivity contribution in [3.8, 4) is 0 Å². The van der Waals surface area contributed by atoms with Crippen molar-refractivity contribution in [1.29, 1.82) is 0 Å². The van der Waals surface area contributed by atoms with E-state index in [1.165, 1.54) is 0 Å². The van der Waals surface area contributed by atoms with E-state index in [0.717, 1.165) is 107 Å². The second-order valence-corrected chi connectivity index (χ2v) is 16.3. The van der Waals surface area contributed by atoms with Gasteiger partial charge in [-0.1, -0.05) is 138 Å². The van der Waals surface area contributed by atoms with Gasteiger partial charge in [0.1, 0.15) is 0 Å². The Balaban J connectivity index is 5.67. The van der Waals surface area contributed by atoms with Crippen molar-refractivity contribution in [1.82, 2.24) is 0 Å². The normalized spacial score (nSPS) is 25.0. The molecule has 0 heteroatoms. The standard InChI is InChI=1S/C38H78/c1-21(2)24(7)26(9)28(11)30(13)31(14)33(16)35(18)37(20)38(23(5)6)36(19)34(17)32(15)29(12)27(10)25(8)22(3)4/h21-38H,1-20H3. The van der Waals surface area contributed by atoms with Gasteiger partial charge < -0.3 is 0 Å². The zero-order valence-corrected chi connectivity index (χ0v) is 30.4. The fourth-order valence-electron chi connectivity index (χ4n) is 8.40. The molecule has 0 nitrogen and oxygen atoms in total. The third kappa shape index (κ3) is 9.54. The van der Waals surface area contributed by atoms with Crippen LogP contribution in [0.2, 0.25) is 0 Å². The summed E-state index contributed by atoms with van der Waals surface area (Å²) in [5, 5.41) is 0. The van der Waals surface area contributed by atoms with E-state index in [1.54, 1.807) is 0 Å². The van der Waals surface area contributed by atoms with Crippen LogP contribution in [-0.2, 0) is 0 Å². The molecule has 0 aliphatic heterocycles. The highest BCUT2D eigenvalue weighted by atomic mass is 14.4. The molecule has 0 aromatic carbocycles. The molecule has 0 spiro atoms. The lowest BCUT2D eigenvalue weighted by Crippen LogP contribution is -2.40. The van der Waals surface area contributed by atoms with Crippen molar-refractivity contribution < 1.29 is 0 Å². The fraction of sp³-hybridized carbons (Fsp3) is 1.00. The summed E-state index contributed by atoms with van der Waals surface area (Å²) in [6.07, 6.45) is 0. The van der Waals surface area contributed by atoms with E-state index >= 15 is 0 Å². The highest BCUT2D eigenvalue weighted by Gasteiger charge is 2.40. The molecule has 0 aromatic heterocycles. The molecule has 0 amide bonds. The number of rotatable bonds is 17. The van der Waals surface area contributed by atoms with Crippen molar-refractivity contribution in [2.45, 2.75) is 138 Å². The Labute approximate surface area is 244 Å². The van der Waals surface area contributed by atoms with Crippen LogP contribution in [0, 0.1) is 107 Å². The molecule has 38 heavy (non-hydrogen) atoms. The molecular formula is C38H78. The van der Waals surface area contributed by atoms with E-state index in [9.17, 15) is 0 Å². The molecule has 0 saturated heterocycles. The largest absolute Gasteiger partial charge is 0.0625 e. The van der Waals surface area contributed by atoms with E-state index in [0.29, 0.717) is 0 Å². The first kappa shape index (κ1) is 38.0. The molecule has 0 aliphatic rings. The minimum Gasteiger partial charge on any atom is -0.0625 e.